The smallest absolute Gasteiger partial charge is 0.129 e. The Morgan fingerprint density at radius 3 is 2.67 bits per heavy atom. The number of nitrogens with one attached hydrogen (secondary N) is 1. The minimum Gasteiger partial charge on any atom is -0.507 e. The van der Waals surface area contributed by atoms with E-state index in [0.717, 1.165) is 22.3 Å². The molecule has 0 saturated carbocycles. The van der Waals surface area contributed by atoms with Gasteiger partial charge in [-0.3, -0.25) is 0 Å². The molecule has 0 radical (unpaired) electrons. The highest BCUT2D eigenvalue weighted by Gasteiger charge is 2.02. The molecule has 0 fully saturated rings. The summed E-state index contributed by atoms with van der Waals surface area (Å²) in [7, 11) is 0. The molecule has 2 aromatic carbocycles. The fourth-order valence-corrected chi connectivity index (χ4v) is 2.23. The zero-order valence-corrected chi connectivity index (χ0v) is 12.1. The Balaban J connectivity index is 2.11. The van der Waals surface area contributed by atoms with Crippen LogP contribution in [0, 0.1) is 13.8 Å². The highest BCUT2D eigenvalue weighted by molar-refractivity contribution is 9.10. The van der Waals surface area contributed by atoms with Crippen molar-refractivity contribution < 1.29 is 5.11 Å². The van der Waals surface area contributed by atoms with Gasteiger partial charge < -0.3 is 10.4 Å². The van der Waals surface area contributed by atoms with E-state index in [9.17, 15) is 5.11 Å². The molecule has 0 saturated heterocycles. The van der Waals surface area contributed by atoms with Gasteiger partial charge in [-0.15, -0.1) is 0 Å². The Labute approximate surface area is 116 Å². The first kappa shape index (κ1) is 13.0. The van der Waals surface area contributed by atoms with Crippen molar-refractivity contribution in [2.45, 2.75) is 20.4 Å². The number of anilines is 1. The van der Waals surface area contributed by atoms with Crippen molar-refractivity contribution in [1.29, 1.82) is 0 Å². The summed E-state index contributed by atoms with van der Waals surface area (Å²) in [6, 6.07) is 11.8. The summed E-state index contributed by atoms with van der Waals surface area (Å²) in [5, 5.41) is 12.9. The molecule has 2 nitrogen and oxygen atoms in total. The van der Waals surface area contributed by atoms with Gasteiger partial charge in [0.2, 0.25) is 0 Å². The fraction of sp³-hybridized carbons (Fsp3) is 0.200. The maximum atomic E-state index is 9.44. The van der Waals surface area contributed by atoms with Crippen LogP contribution in [0.1, 0.15) is 16.7 Å². The van der Waals surface area contributed by atoms with Crippen molar-refractivity contribution >= 4 is 21.6 Å². The first-order valence-corrected chi connectivity index (χ1v) is 6.64. The Morgan fingerprint density at radius 1 is 1.17 bits per heavy atom. The average Bonchev–Trinajstić information content (AvgIpc) is 2.35. The average molecular weight is 306 g/mol. The molecular weight excluding hydrogens is 290 g/mol. The second-order valence-corrected chi connectivity index (χ2v) is 5.24. The van der Waals surface area contributed by atoms with Gasteiger partial charge in [0.25, 0.3) is 0 Å². The quantitative estimate of drug-likeness (QED) is 0.882. The topological polar surface area (TPSA) is 32.3 Å². The van der Waals surface area contributed by atoms with Gasteiger partial charge in [-0.1, -0.05) is 18.2 Å². The summed E-state index contributed by atoms with van der Waals surface area (Å²) >= 11 is 3.32. The lowest BCUT2D eigenvalue weighted by Crippen LogP contribution is -2.01. The molecule has 2 N–H and O–H groups in total. The van der Waals surface area contributed by atoms with Crippen molar-refractivity contribution in [1.82, 2.24) is 0 Å². The van der Waals surface area contributed by atoms with E-state index >= 15 is 0 Å². The number of rotatable bonds is 3. The number of phenolic OH excluding ortho intramolecular Hbond substituents is 1. The Kier molecular flexibility index (Phi) is 3.92. The van der Waals surface area contributed by atoms with Crippen molar-refractivity contribution in [2.24, 2.45) is 0 Å². The number of hydrogen-bond donors (Lipinski definition) is 2. The minimum absolute atomic E-state index is 0.269. The van der Waals surface area contributed by atoms with Gasteiger partial charge >= 0.3 is 0 Å². The molecule has 0 aliphatic heterocycles. The fourth-order valence-electron chi connectivity index (χ4n) is 1.80. The number of benzene rings is 2. The maximum absolute atomic E-state index is 9.44. The van der Waals surface area contributed by atoms with Gasteiger partial charge in [0, 0.05) is 12.2 Å². The molecule has 2 aromatic rings. The maximum Gasteiger partial charge on any atom is 0.129 e. The van der Waals surface area contributed by atoms with Crippen LogP contribution in [0.15, 0.2) is 40.9 Å². The molecule has 3 heteroatoms. The van der Waals surface area contributed by atoms with E-state index in [-0.39, 0.29) is 5.75 Å². The van der Waals surface area contributed by atoms with Crippen molar-refractivity contribution in [3.8, 4) is 5.75 Å². The normalized spacial score (nSPS) is 10.4. The molecule has 0 aromatic heterocycles. The lowest BCUT2D eigenvalue weighted by molar-refractivity contribution is 0.471. The third-order valence-corrected chi connectivity index (χ3v) is 3.73. The summed E-state index contributed by atoms with van der Waals surface area (Å²) in [5.74, 6) is 0.269. The van der Waals surface area contributed by atoms with Gasteiger partial charge in [0.1, 0.15) is 5.75 Å². The third kappa shape index (κ3) is 2.85. The van der Waals surface area contributed by atoms with Crippen LogP contribution in [0.3, 0.4) is 0 Å². The molecule has 0 heterocycles. The van der Waals surface area contributed by atoms with Gasteiger partial charge in [0.15, 0.2) is 0 Å². The predicted molar refractivity (Wildman–Crippen MR) is 79.0 cm³/mol. The zero-order chi connectivity index (χ0) is 13.1. The second-order valence-electron chi connectivity index (χ2n) is 4.39. The molecule has 94 valence electrons. The van der Waals surface area contributed by atoms with Gasteiger partial charge in [0.05, 0.1) is 4.47 Å². The molecule has 0 aliphatic rings. The summed E-state index contributed by atoms with van der Waals surface area (Å²) in [6.45, 7) is 4.96. The minimum atomic E-state index is 0.269. The zero-order valence-electron chi connectivity index (χ0n) is 10.5. The molecule has 18 heavy (non-hydrogen) atoms. The molecule has 0 unspecified atom stereocenters. The van der Waals surface area contributed by atoms with Gasteiger partial charge in [-0.2, -0.15) is 0 Å². The number of hydrogen-bond acceptors (Lipinski definition) is 2. The largest absolute Gasteiger partial charge is 0.507 e. The van der Waals surface area contributed by atoms with E-state index in [0.29, 0.717) is 0 Å². The lowest BCUT2D eigenvalue weighted by Gasteiger charge is -2.11. The third-order valence-electron chi connectivity index (χ3n) is 3.10. The monoisotopic (exact) mass is 305 g/mol. The van der Waals surface area contributed by atoms with E-state index in [4.69, 9.17) is 0 Å². The van der Waals surface area contributed by atoms with Crippen LogP contribution < -0.4 is 5.32 Å². The Morgan fingerprint density at radius 2 is 1.94 bits per heavy atom. The van der Waals surface area contributed by atoms with E-state index in [1.807, 2.05) is 12.1 Å². The Hall–Kier alpha value is -1.48. The van der Waals surface area contributed by atoms with Crippen LogP contribution in [0.25, 0.3) is 0 Å². The van der Waals surface area contributed by atoms with Gasteiger partial charge in [-0.25, -0.2) is 0 Å². The summed E-state index contributed by atoms with van der Waals surface area (Å²) in [5.41, 5.74) is 4.84. The van der Waals surface area contributed by atoms with E-state index in [1.54, 1.807) is 6.07 Å². The van der Waals surface area contributed by atoms with Crippen LogP contribution in [0.2, 0.25) is 0 Å². The molecule has 0 bridgehead atoms. The lowest BCUT2D eigenvalue weighted by atomic mass is 10.1. The number of halogens is 1. The molecule has 0 aliphatic carbocycles. The van der Waals surface area contributed by atoms with Crippen LogP contribution in [0.5, 0.6) is 5.75 Å². The number of aromatic hydroxyl groups is 1. The standard InChI is InChI=1S/C15H16BrNO/c1-10-4-3-5-14(11(10)2)17-9-12-6-7-15(18)13(16)8-12/h3-8,17-18H,9H2,1-2H3. The van der Waals surface area contributed by atoms with Crippen LogP contribution in [0.4, 0.5) is 5.69 Å². The van der Waals surface area contributed by atoms with E-state index < -0.39 is 0 Å². The predicted octanol–water partition coefficient (Wildman–Crippen LogP) is 4.38. The number of aryl methyl sites for hydroxylation is 1. The van der Waals surface area contributed by atoms with E-state index in [2.05, 4.69) is 53.3 Å². The molecular formula is C15H16BrNO. The van der Waals surface area contributed by atoms with Crippen LogP contribution >= 0.6 is 15.9 Å². The summed E-state index contributed by atoms with van der Waals surface area (Å²) in [4.78, 5) is 0. The van der Waals surface area contributed by atoms with Gasteiger partial charge in [-0.05, 0) is 64.7 Å². The Bertz CT molecular complexity index is 566. The first-order chi connectivity index (χ1) is 8.58. The number of phenols is 1. The van der Waals surface area contributed by atoms with Crippen molar-refractivity contribution in [2.75, 3.05) is 5.32 Å². The van der Waals surface area contributed by atoms with Crippen LogP contribution in [-0.2, 0) is 6.54 Å². The molecule has 0 atom stereocenters. The highest BCUT2D eigenvalue weighted by Crippen LogP contribution is 2.25. The SMILES string of the molecule is Cc1cccc(NCc2ccc(O)c(Br)c2)c1C. The van der Waals surface area contributed by atoms with Crippen molar-refractivity contribution in [3.05, 3.63) is 57.6 Å². The summed E-state index contributed by atoms with van der Waals surface area (Å²) in [6.07, 6.45) is 0. The van der Waals surface area contributed by atoms with Crippen LogP contribution in [-0.4, -0.2) is 5.11 Å². The molecule has 0 spiro atoms. The first-order valence-electron chi connectivity index (χ1n) is 5.85. The highest BCUT2D eigenvalue weighted by atomic mass is 79.9. The van der Waals surface area contributed by atoms with Crippen molar-refractivity contribution in [3.63, 3.8) is 0 Å². The molecule has 2 rings (SSSR count). The summed E-state index contributed by atoms with van der Waals surface area (Å²) < 4.78 is 0.725. The second kappa shape index (κ2) is 5.44. The van der Waals surface area contributed by atoms with E-state index in [1.165, 1.54) is 11.1 Å². The molecule has 0 amide bonds.